The van der Waals surface area contributed by atoms with Crippen LogP contribution in [0, 0.1) is 11.3 Å². The van der Waals surface area contributed by atoms with Crippen LogP contribution in [0.25, 0.3) is 21.8 Å². The van der Waals surface area contributed by atoms with E-state index in [2.05, 4.69) is 56.3 Å². The Bertz CT molecular complexity index is 1580. The van der Waals surface area contributed by atoms with Crippen LogP contribution >= 0.6 is 0 Å². The minimum absolute atomic E-state index is 0.365. The van der Waals surface area contributed by atoms with Gasteiger partial charge in [0.25, 0.3) is 0 Å². The molecule has 0 radical (unpaired) electrons. The second kappa shape index (κ2) is 15.3. The van der Waals surface area contributed by atoms with Gasteiger partial charge in [-0.2, -0.15) is 5.26 Å². The predicted molar refractivity (Wildman–Crippen MR) is 174 cm³/mol. The first-order chi connectivity index (χ1) is 20.8. The van der Waals surface area contributed by atoms with Gasteiger partial charge in [-0.15, -0.1) is 0 Å². The summed E-state index contributed by atoms with van der Waals surface area (Å²) in [5, 5.41) is 16.8. The fourth-order valence-electron chi connectivity index (χ4n) is 4.51. The molecule has 2 heterocycles. The molecule has 0 saturated carbocycles. The first-order valence-corrected chi connectivity index (χ1v) is 15.0. The van der Waals surface area contributed by atoms with Crippen LogP contribution in [0.1, 0.15) is 65.5 Å². The minimum atomic E-state index is -0.478. The lowest BCUT2D eigenvalue weighted by molar-refractivity contribution is 0.0515. The number of ether oxygens (including phenoxy) is 2. The van der Waals surface area contributed by atoms with Crippen LogP contribution in [0.5, 0.6) is 0 Å². The Morgan fingerprint density at radius 2 is 1.25 bits per heavy atom. The monoisotopic (exact) mass is 602 g/mol. The molecule has 0 atom stereocenters. The molecule has 4 N–H and O–H groups in total. The first kappa shape index (κ1) is 34.0. The van der Waals surface area contributed by atoms with E-state index in [-0.39, 0.29) is 6.09 Å². The number of aryl methyl sites for hydroxylation is 2. The standard InChI is InChI=1S/C17H25N3O2.C17H21N3O2/c2*1-17(2,3)22-16(21)19-8-4-9-20-10-7-14-6-5-13(12-18)11-15(14)20/h5-7,10-11H,4,8-9,12,18H2,1-3H3,(H,19,21);5-7,10-11H,4,8-9H2,1-3H3,(H,19,21). The molecule has 10 nitrogen and oxygen atoms in total. The van der Waals surface area contributed by atoms with Crippen molar-refractivity contribution in [1.29, 1.82) is 5.26 Å². The smallest absolute Gasteiger partial charge is 0.407 e. The van der Waals surface area contributed by atoms with Gasteiger partial charge in [0.15, 0.2) is 0 Å². The van der Waals surface area contributed by atoms with Crippen molar-refractivity contribution in [3.63, 3.8) is 0 Å². The fourth-order valence-corrected chi connectivity index (χ4v) is 4.51. The molecule has 2 aromatic heterocycles. The van der Waals surface area contributed by atoms with E-state index in [0.29, 0.717) is 25.2 Å². The highest BCUT2D eigenvalue weighted by Gasteiger charge is 2.16. The van der Waals surface area contributed by atoms with Gasteiger partial charge < -0.3 is 35.0 Å². The van der Waals surface area contributed by atoms with Gasteiger partial charge in [0.1, 0.15) is 11.2 Å². The summed E-state index contributed by atoms with van der Waals surface area (Å²) in [5.74, 6) is 0. The quantitative estimate of drug-likeness (QED) is 0.189. The van der Waals surface area contributed by atoms with Gasteiger partial charge >= 0.3 is 12.2 Å². The molecule has 0 aliphatic rings. The average molecular weight is 603 g/mol. The molecule has 0 unspecified atom stereocenters. The second-order valence-corrected chi connectivity index (χ2v) is 12.6. The molecule has 10 heteroatoms. The number of fused-ring (bicyclic) bond motifs is 2. The summed E-state index contributed by atoms with van der Waals surface area (Å²) >= 11 is 0. The number of aromatic nitrogens is 2. The molecule has 0 bridgehead atoms. The lowest BCUT2D eigenvalue weighted by Gasteiger charge is -2.19. The highest BCUT2D eigenvalue weighted by Crippen LogP contribution is 2.19. The fraction of sp³-hybridized carbons (Fsp3) is 0.441. The number of carbonyl (C=O) groups is 2. The van der Waals surface area contributed by atoms with Gasteiger partial charge in [0, 0.05) is 56.2 Å². The maximum absolute atomic E-state index is 11.6. The second-order valence-electron chi connectivity index (χ2n) is 12.6. The number of rotatable bonds is 9. The van der Waals surface area contributed by atoms with Gasteiger partial charge in [0.05, 0.1) is 11.6 Å². The van der Waals surface area contributed by atoms with Gasteiger partial charge in [-0.25, -0.2) is 9.59 Å². The maximum atomic E-state index is 11.6. The Morgan fingerprint density at radius 3 is 1.70 bits per heavy atom. The molecule has 2 aromatic carbocycles. The van der Waals surface area contributed by atoms with Crippen LogP contribution in [0.2, 0.25) is 0 Å². The third-order valence-corrected chi connectivity index (χ3v) is 6.47. The van der Waals surface area contributed by atoms with Crippen molar-refractivity contribution >= 4 is 34.0 Å². The first-order valence-electron chi connectivity index (χ1n) is 15.0. The number of carbonyl (C=O) groups excluding carboxylic acids is 2. The Hall–Kier alpha value is -4.49. The van der Waals surface area contributed by atoms with E-state index in [4.69, 9.17) is 20.5 Å². The predicted octanol–water partition coefficient (Wildman–Crippen LogP) is 6.44. The largest absolute Gasteiger partial charge is 0.444 e. The molecule has 0 saturated heterocycles. The third kappa shape index (κ3) is 11.0. The summed E-state index contributed by atoms with van der Waals surface area (Å²) in [6.45, 7) is 14.4. The van der Waals surface area contributed by atoms with Crippen molar-refractivity contribution in [2.45, 2.75) is 85.2 Å². The Labute approximate surface area is 260 Å². The lowest BCUT2D eigenvalue weighted by Crippen LogP contribution is -2.33. The zero-order valence-electron chi connectivity index (χ0n) is 26.8. The van der Waals surface area contributed by atoms with Crippen LogP contribution in [-0.2, 0) is 29.1 Å². The summed E-state index contributed by atoms with van der Waals surface area (Å²) in [7, 11) is 0. The summed E-state index contributed by atoms with van der Waals surface area (Å²) in [5.41, 5.74) is 8.75. The lowest BCUT2D eigenvalue weighted by atomic mass is 10.1. The van der Waals surface area contributed by atoms with Crippen LogP contribution in [0.4, 0.5) is 9.59 Å². The average Bonchev–Trinajstić information content (AvgIpc) is 3.54. The highest BCUT2D eigenvalue weighted by atomic mass is 16.6. The zero-order chi connectivity index (χ0) is 32.3. The Kier molecular flexibility index (Phi) is 11.8. The van der Waals surface area contributed by atoms with E-state index in [1.54, 1.807) is 0 Å². The SMILES string of the molecule is CC(C)(C)OC(=O)NCCCn1ccc2ccc(C#N)cc21.CC(C)(C)OC(=O)NCCCn1ccc2ccc(CN)cc21. The number of nitrogens with one attached hydrogen (secondary N) is 2. The van der Waals surface area contributed by atoms with Crippen molar-refractivity contribution < 1.29 is 19.1 Å². The molecule has 0 aliphatic carbocycles. The van der Waals surface area contributed by atoms with Crippen molar-refractivity contribution in [2.24, 2.45) is 5.73 Å². The van der Waals surface area contributed by atoms with Crippen molar-refractivity contribution in [2.75, 3.05) is 13.1 Å². The summed E-state index contributed by atoms with van der Waals surface area (Å²) in [4.78, 5) is 23.1. The number of hydrogen-bond donors (Lipinski definition) is 3. The Balaban J connectivity index is 0.000000240. The minimum Gasteiger partial charge on any atom is -0.444 e. The number of hydrogen-bond acceptors (Lipinski definition) is 6. The van der Waals surface area contributed by atoms with E-state index < -0.39 is 17.3 Å². The van der Waals surface area contributed by atoms with Crippen molar-refractivity contribution in [3.05, 3.63) is 72.1 Å². The molecule has 236 valence electrons. The number of nitriles is 1. The molecule has 2 amide bonds. The topological polar surface area (TPSA) is 136 Å². The van der Waals surface area contributed by atoms with Gasteiger partial charge in [-0.3, -0.25) is 0 Å². The molecule has 0 fully saturated rings. The van der Waals surface area contributed by atoms with Crippen LogP contribution in [0.3, 0.4) is 0 Å². The van der Waals surface area contributed by atoms with Gasteiger partial charge in [0.2, 0.25) is 0 Å². The summed E-state index contributed by atoms with van der Waals surface area (Å²) in [6.07, 6.45) is 4.94. The van der Waals surface area contributed by atoms with Crippen LogP contribution in [-0.4, -0.2) is 45.6 Å². The number of nitrogens with two attached hydrogens (primary N) is 1. The molecule has 0 spiro atoms. The molecule has 44 heavy (non-hydrogen) atoms. The van der Waals surface area contributed by atoms with E-state index in [1.165, 1.54) is 10.9 Å². The van der Waals surface area contributed by atoms with Crippen LogP contribution < -0.4 is 16.4 Å². The van der Waals surface area contributed by atoms with E-state index in [9.17, 15) is 9.59 Å². The van der Waals surface area contributed by atoms with Crippen molar-refractivity contribution in [3.8, 4) is 6.07 Å². The number of nitrogens with zero attached hydrogens (tertiary/aromatic N) is 3. The molecular weight excluding hydrogens is 556 g/mol. The number of amides is 2. The number of benzene rings is 2. The summed E-state index contributed by atoms with van der Waals surface area (Å²) in [6, 6.07) is 18.2. The molecule has 0 aliphatic heterocycles. The zero-order valence-corrected chi connectivity index (χ0v) is 26.8. The Morgan fingerprint density at radius 1 is 0.773 bits per heavy atom. The van der Waals surface area contributed by atoms with E-state index >= 15 is 0 Å². The number of alkyl carbamates (subject to hydrolysis) is 2. The molecule has 4 rings (SSSR count). The normalized spacial score (nSPS) is 11.4. The van der Waals surface area contributed by atoms with Crippen LogP contribution in [0.15, 0.2) is 60.9 Å². The summed E-state index contributed by atoms with van der Waals surface area (Å²) < 4.78 is 14.7. The molecular formula is C34H46N6O4. The van der Waals surface area contributed by atoms with Crippen molar-refractivity contribution in [1.82, 2.24) is 19.8 Å². The maximum Gasteiger partial charge on any atom is 0.407 e. The van der Waals surface area contributed by atoms with Gasteiger partial charge in [-0.1, -0.05) is 18.2 Å². The molecule has 4 aromatic rings. The van der Waals surface area contributed by atoms with Gasteiger partial charge in [-0.05, 0) is 101 Å². The third-order valence-electron chi connectivity index (χ3n) is 6.47. The van der Waals surface area contributed by atoms with E-state index in [1.807, 2.05) is 72.0 Å². The van der Waals surface area contributed by atoms with E-state index in [0.717, 1.165) is 42.4 Å². The highest BCUT2D eigenvalue weighted by molar-refractivity contribution is 5.82.